The van der Waals surface area contributed by atoms with Crippen LogP contribution in [0.5, 0.6) is 5.75 Å². The zero-order chi connectivity index (χ0) is 17.3. The van der Waals surface area contributed by atoms with Gasteiger partial charge in [0, 0.05) is 35.7 Å². The number of fused-ring (bicyclic) bond motifs is 1. The van der Waals surface area contributed by atoms with Crippen LogP contribution in [0.3, 0.4) is 0 Å². The summed E-state index contributed by atoms with van der Waals surface area (Å²) in [5.74, 6) is -0.357. The topological polar surface area (TPSA) is 101 Å². The number of aromatic hydroxyl groups is 1. The van der Waals surface area contributed by atoms with Gasteiger partial charge in [-0.3, -0.25) is 9.79 Å². The van der Waals surface area contributed by atoms with Crippen molar-refractivity contribution in [3.8, 4) is 5.75 Å². The first-order valence-corrected chi connectivity index (χ1v) is 8.24. The lowest BCUT2D eigenvalue weighted by Crippen LogP contribution is -2.22. The van der Waals surface area contributed by atoms with Gasteiger partial charge in [-0.25, -0.2) is 0 Å². The highest BCUT2D eigenvalue weighted by molar-refractivity contribution is 6.00. The number of amides is 1. The first-order chi connectivity index (χ1) is 11.5. The number of nitrogens with two attached hydrogens (primary N) is 1. The van der Waals surface area contributed by atoms with Gasteiger partial charge in [0.05, 0.1) is 17.3 Å². The summed E-state index contributed by atoms with van der Waals surface area (Å²) in [6, 6.07) is 5.06. The van der Waals surface area contributed by atoms with E-state index in [1.807, 2.05) is 6.92 Å². The Kier molecular flexibility index (Phi) is 4.57. The number of nitrogens with zero attached hydrogens (tertiary/aromatic N) is 1. The van der Waals surface area contributed by atoms with Gasteiger partial charge in [0.15, 0.2) is 0 Å². The van der Waals surface area contributed by atoms with E-state index in [1.54, 1.807) is 25.1 Å². The Morgan fingerprint density at radius 2 is 2.12 bits per heavy atom. The summed E-state index contributed by atoms with van der Waals surface area (Å²) < 4.78 is 5.41. The second-order valence-corrected chi connectivity index (χ2v) is 6.38. The van der Waals surface area contributed by atoms with Crippen molar-refractivity contribution in [2.45, 2.75) is 32.6 Å². The Balaban J connectivity index is 2.10. The molecular weight excluding hydrogens is 306 g/mol. The van der Waals surface area contributed by atoms with Gasteiger partial charge in [0.1, 0.15) is 5.75 Å². The van der Waals surface area contributed by atoms with E-state index in [9.17, 15) is 9.90 Å². The van der Waals surface area contributed by atoms with Gasteiger partial charge >= 0.3 is 0 Å². The molecule has 1 aromatic carbocycles. The molecule has 6 heteroatoms. The molecule has 1 unspecified atom stereocenters. The minimum atomic E-state index is -0.485. The molecule has 6 nitrogen and oxygen atoms in total. The number of hydrogen-bond donors (Lipinski definition) is 3. The highest BCUT2D eigenvalue weighted by Gasteiger charge is 2.23. The Labute approximate surface area is 140 Å². The van der Waals surface area contributed by atoms with E-state index in [4.69, 9.17) is 15.5 Å². The summed E-state index contributed by atoms with van der Waals surface area (Å²) in [6.45, 7) is 5.26. The van der Waals surface area contributed by atoms with Gasteiger partial charge in [-0.15, -0.1) is 0 Å². The fourth-order valence-corrected chi connectivity index (χ4v) is 3.15. The predicted molar refractivity (Wildman–Crippen MR) is 93.9 cm³/mol. The quantitative estimate of drug-likeness (QED) is 0.752. The Hall–Kier alpha value is -2.34. The molecule has 24 heavy (non-hydrogen) atoms. The Morgan fingerprint density at radius 3 is 2.79 bits per heavy atom. The summed E-state index contributed by atoms with van der Waals surface area (Å²) in [5, 5.41) is 10.6. The lowest BCUT2D eigenvalue weighted by molar-refractivity contribution is -0.119. The van der Waals surface area contributed by atoms with Crippen molar-refractivity contribution in [2.75, 3.05) is 13.2 Å². The van der Waals surface area contributed by atoms with Gasteiger partial charge in [-0.05, 0) is 44.9 Å². The maximum Gasteiger partial charge on any atom is 0.226 e. The molecule has 0 bridgehead atoms. The van der Waals surface area contributed by atoms with E-state index < -0.39 is 11.8 Å². The van der Waals surface area contributed by atoms with E-state index in [0.717, 1.165) is 42.7 Å². The number of primary amides is 1. The molecule has 128 valence electrons. The van der Waals surface area contributed by atoms with Crippen LogP contribution in [-0.4, -0.2) is 34.9 Å². The number of aromatic amines is 1. The summed E-state index contributed by atoms with van der Waals surface area (Å²) in [4.78, 5) is 19.7. The van der Waals surface area contributed by atoms with Crippen molar-refractivity contribution in [3.05, 3.63) is 23.9 Å². The van der Waals surface area contributed by atoms with Crippen LogP contribution in [-0.2, 0) is 9.53 Å². The molecule has 1 fully saturated rings. The fourth-order valence-electron chi connectivity index (χ4n) is 3.15. The van der Waals surface area contributed by atoms with Crippen molar-refractivity contribution < 1.29 is 14.6 Å². The van der Waals surface area contributed by atoms with E-state index in [-0.39, 0.29) is 5.75 Å². The number of phenolic OH excluding ortho intramolecular Hbond substituents is 1. The third-order valence-corrected chi connectivity index (χ3v) is 4.74. The summed E-state index contributed by atoms with van der Waals surface area (Å²) >= 11 is 0. The Morgan fingerprint density at radius 1 is 1.42 bits per heavy atom. The lowest BCUT2D eigenvalue weighted by Gasteiger charge is -2.22. The zero-order valence-electron chi connectivity index (χ0n) is 14.0. The molecular formula is C18H23N3O3. The number of carbonyl (C=O) groups excluding carboxylic acids is 1. The van der Waals surface area contributed by atoms with Gasteiger partial charge in [-0.1, -0.05) is 0 Å². The molecule has 1 aliphatic rings. The molecule has 2 aromatic rings. The molecule has 3 rings (SSSR count). The number of carbonyl (C=O) groups is 1. The third kappa shape index (κ3) is 3.14. The fraction of sp³-hybridized carbons (Fsp3) is 0.444. The first kappa shape index (κ1) is 16.5. The molecule has 4 N–H and O–H groups in total. The van der Waals surface area contributed by atoms with E-state index in [2.05, 4.69) is 4.98 Å². The highest BCUT2D eigenvalue weighted by atomic mass is 16.5. The van der Waals surface area contributed by atoms with Crippen molar-refractivity contribution in [1.82, 2.24) is 4.98 Å². The van der Waals surface area contributed by atoms with Crippen molar-refractivity contribution >= 4 is 28.2 Å². The summed E-state index contributed by atoms with van der Waals surface area (Å²) in [7, 11) is 0. The van der Waals surface area contributed by atoms with Crippen molar-refractivity contribution in [2.24, 2.45) is 16.6 Å². The number of phenols is 1. The molecule has 0 spiro atoms. The summed E-state index contributed by atoms with van der Waals surface area (Å²) in [5.41, 5.74) is 8.71. The van der Waals surface area contributed by atoms with E-state index in [0.29, 0.717) is 17.3 Å². The third-order valence-electron chi connectivity index (χ3n) is 4.74. The van der Waals surface area contributed by atoms with Crippen LogP contribution in [0.1, 0.15) is 38.3 Å². The largest absolute Gasteiger partial charge is 0.508 e. The monoisotopic (exact) mass is 329 g/mol. The number of benzene rings is 1. The number of nitrogens with one attached hydrogen (secondary N) is 1. The molecule has 2 heterocycles. The normalized spacial score (nSPS) is 18.0. The van der Waals surface area contributed by atoms with Gasteiger partial charge in [-0.2, -0.15) is 0 Å². The minimum Gasteiger partial charge on any atom is -0.508 e. The molecule has 1 atom stereocenters. The molecule has 1 amide bonds. The molecule has 0 saturated carbocycles. The van der Waals surface area contributed by atoms with Crippen molar-refractivity contribution in [1.29, 1.82) is 0 Å². The molecule has 1 saturated heterocycles. The number of rotatable bonds is 4. The lowest BCUT2D eigenvalue weighted by atomic mass is 9.95. The molecule has 0 aliphatic carbocycles. The number of hydrogen-bond acceptors (Lipinski definition) is 4. The summed E-state index contributed by atoms with van der Waals surface area (Å²) in [6.07, 6.45) is 1.90. The second kappa shape index (κ2) is 6.65. The van der Waals surface area contributed by atoms with E-state index in [1.165, 1.54) is 0 Å². The molecule has 1 aromatic heterocycles. The zero-order valence-corrected chi connectivity index (χ0v) is 14.0. The number of H-pyrrole nitrogens is 1. The smallest absolute Gasteiger partial charge is 0.226 e. The predicted octanol–water partition coefficient (Wildman–Crippen LogP) is 2.98. The van der Waals surface area contributed by atoms with Gasteiger partial charge in [0.2, 0.25) is 5.91 Å². The number of aliphatic imine (C=N–C) groups is 1. The van der Waals surface area contributed by atoms with Crippen LogP contribution in [0.2, 0.25) is 0 Å². The van der Waals surface area contributed by atoms with Crippen LogP contribution in [0.15, 0.2) is 23.2 Å². The molecule has 1 aliphatic heterocycles. The number of ether oxygens (including phenoxy) is 1. The standard InChI is InChI=1S/C18H23N3O3/c1-10(18(19)23)16-17(14-9-13(22)3-4-15(14)21-16)20-11(2)12-5-7-24-8-6-12/h3-4,9-10,12,21-22H,5-8H2,1-2H3,(H2,19,23). The van der Waals surface area contributed by atoms with Gasteiger partial charge in [0.25, 0.3) is 0 Å². The average Bonchev–Trinajstić information content (AvgIpc) is 2.92. The Bertz CT molecular complexity index is 788. The molecule has 0 radical (unpaired) electrons. The minimum absolute atomic E-state index is 0.167. The average molecular weight is 329 g/mol. The van der Waals surface area contributed by atoms with Crippen LogP contribution in [0.4, 0.5) is 5.69 Å². The maximum absolute atomic E-state index is 11.7. The van der Waals surface area contributed by atoms with Crippen molar-refractivity contribution in [3.63, 3.8) is 0 Å². The van der Waals surface area contributed by atoms with Crippen LogP contribution in [0, 0.1) is 5.92 Å². The van der Waals surface area contributed by atoms with Crippen LogP contribution < -0.4 is 5.73 Å². The van der Waals surface area contributed by atoms with Crippen LogP contribution in [0.25, 0.3) is 10.9 Å². The highest BCUT2D eigenvalue weighted by Crippen LogP contribution is 2.37. The van der Waals surface area contributed by atoms with Gasteiger partial charge < -0.3 is 20.6 Å². The number of aromatic nitrogens is 1. The van der Waals surface area contributed by atoms with Crippen LogP contribution >= 0.6 is 0 Å². The first-order valence-electron chi connectivity index (χ1n) is 8.24. The SMILES string of the molecule is CC(=Nc1c(C(C)C(N)=O)[nH]c2ccc(O)cc12)C1CCOCC1. The van der Waals surface area contributed by atoms with E-state index >= 15 is 0 Å². The second-order valence-electron chi connectivity index (χ2n) is 6.38. The maximum atomic E-state index is 11.7.